The van der Waals surface area contributed by atoms with E-state index < -0.39 is 0 Å². The highest BCUT2D eigenvalue weighted by Crippen LogP contribution is 2.16. The first-order valence-corrected chi connectivity index (χ1v) is 5.61. The van der Waals surface area contributed by atoms with Crippen LogP contribution in [0.25, 0.3) is 0 Å². The van der Waals surface area contributed by atoms with E-state index in [0.717, 1.165) is 30.7 Å². The van der Waals surface area contributed by atoms with Crippen molar-refractivity contribution in [3.05, 3.63) is 29.3 Å². The van der Waals surface area contributed by atoms with Crippen molar-refractivity contribution < 1.29 is 9.53 Å². The van der Waals surface area contributed by atoms with Crippen molar-refractivity contribution >= 4 is 5.91 Å². The first-order chi connectivity index (χ1) is 7.67. The van der Waals surface area contributed by atoms with Gasteiger partial charge in [0.05, 0.1) is 7.11 Å². The highest BCUT2D eigenvalue weighted by atomic mass is 16.5. The van der Waals surface area contributed by atoms with Crippen molar-refractivity contribution in [2.24, 2.45) is 0 Å². The molecule has 0 unspecified atom stereocenters. The summed E-state index contributed by atoms with van der Waals surface area (Å²) in [5, 5.41) is 2.88. The topological polar surface area (TPSA) is 38.3 Å². The normalized spacial score (nSPS) is 9.94. The molecule has 0 spiro atoms. The minimum atomic E-state index is -0.0320. The number of unbranched alkanes of at least 4 members (excludes halogenated alkanes) is 1. The summed E-state index contributed by atoms with van der Waals surface area (Å²) in [4.78, 5) is 11.8. The molecule has 0 bridgehead atoms. The number of hydrogen-bond donors (Lipinski definition) is 1. The molecule has 0 aliphatic rings. The lowest BCUT2D eigenvalue weighted by Gasteiger charge is -2.07. The molecule has 3 heteroatoms. The number of benzene rings is 1. The second-order valence-electron chi connectivity index (χ2n) is 3.85. The van der Waals surface area contributed by atoms with E-state index in [1.54, 1.807) is 13.2 Å². The van der Waals surface area contributed by atoms with E-state index in [-0.39, 0.29) is 5.91 Å². The molecule has 1 aromatic carbocycles. The maximum atomic E-state index is 11.8. The van der Waals surface area contributed by atoms with Crippen molar-refractivity contribution in [2.75, 3.05) is 13.7 Å². The van der Waals surface area contributed by atoms with Gasteiger partial charge in [-0.05, 0) is 37.1 Å². The highest BCUT2D eigenvalue weighted by Gasteiger charge is 2.06. The third-order valence-corrected chi connectivity index (χ3v) is 2.36. The summed E-state index contributed by atoms with van der Waals surface area (Å²) in [6.07, 6.45) is 2.09. The summed E-state index contributed by atoms with van der Waals surface area (Å²) in [5.74, 6) is 0.691. The van der Waals surface area contributed by atoms with Gasteiger partial charge in [0.2, 0.25) is 0 Å². The van der Waals surface area contributed by atoms with Crippen molar-refractivity contribution in [3.8, 4) is 5.75 Å². The lowest BCUT2D eigenvalue weighted by Crippen LogP contribution is -2.24. The maximum absolute atomic E-state index is 11.8. The summed E-state index contributed by atoms with van der Waals surface area (Å²) in [6.45, 7) is 4.78. The largest absolute Gasteiger partial charge is 0.497 e. The standard InChI is InChI=1S/C13H19NO2/c1-4-5-6-14-13(15)11-7-10(2)8-12(9-11)16-3/h7-9H,4-6H2,1-3H3,(H,14,15). The van der Waals surface area contributed by atoms with Gasteiger partial charge in [-0.15, -0.1) is 0 Å². The fraction of sp³-hybridized carbons (Fsp3) is 0.462. The minimum Gasteiger partial charge on any atom is -0.497 e. The van der Waals surface area contributed by atoms with Gasteiger partial charge >= 0.3 is 0 Å². The monoisotopic (exact) mass is 221 g/mol. The number of nitrogens with one attached hydrogen (secondary N) is 1. The van der Waals surface area contributed by atoms with Gasteiger partial charge in [0, 0.05) is 12.1 Å². The molecule has 0 fully saturated rings. The Balaban J connectivity index is 2.71. The van der Waals surface area contributed by atoms with Crippen LogP contribution in [0.5, 0.6) is 5.75 Å². The molecular weight excluding hydrogens is 202 g/mol. The Labute approximate surface area is 96.8 Å². The molecule has 0 radical (unpaired) electrons. The van der Waals surface area contributed by atoms with E-state index in [1.807, 2.05) is 19.1 Å². The number of hydrogen-bond acceptors (Lipinski definition) is 2. The lowest BCUT2D eigenvalue weighted by atomic mass is 10.1. The molecule has 0 aliphatic heterocycles. The Hall–Kier alpha value is -1.51. The van der Waals surface area contributed by atoms with Gasteiger partial charge in [-0.2, -0.15) is 0 Å². The summed E-state index contributed by atoms with van der Waals surface area (Å²) >= 11 is 0. The number of carbonyl (C=O) groups is 1. The second-order valence-corrected chi connectivity index (χ2v) is 3.85. The predicted octanol–water partition coefficient (Wildman–Crippen LogP) is 2.53. The zero-order valence-electron chi connectivity index (χ0n) is 10.2. The molecule has 0 heterocycles. The highest BCUT2D eigenvalue weighted by molar-refractivity contribution is 5.94. The molecule has 16 heavy (non-hydrogen) atoms. The molecular formula is C13H19NO2. The average Bonchev–Trinajstić information content (AvgIpc) is 2.28. The van der Waals surface area contributed by atoms with Gasteiger partial charge < -0.3 is 10.1 Å². The van der Waals surface area contributed by atoms with Crippen LogP contribution >= 0.6 is 0 Å². The van der Waals surface area contributed by atoms with Crippen LogP contribution in [0.2, 0.25) is 0 Å². The number of methoxy groups -OCH3 is 1. The van der Waals surface area contributed by atoms with Gasteiger partial charge in [0.25, 0.3) is 5.91 Å². The zero-order chi connectivity index (χ0) is 12.0. The molecule has 0 saturated carbocycles. The summed E-state index contributed by atoms with van der Waals surface area (Å²) in [7, 11) is 1.60. The molecule has 0 saturated heterocycles. The Morgan fingerprint density at radius 1 is 1.38 bits per heavy atom. The van der Waals surface area contributed by atoms with E-state index in [0.29, 0.717) is 5.56 Å². The molecule has 1 aromatic rings. The fourth-order valence-corrected chi connectivity index (χ4v) is 1.48. The van der Waals surface area contributed by atoms with Crippen molar-refractivity contribution in [1.82, 2.24) is 5.32 Å². The predicted molar refractivity (Wildman–Crippen MR) is 65.0 cm³/mol. The Morgan fingerprint density at radius 2 is 2.12 bits per heavy atom. The summed E-state index contributed by atoms with van der Waals surface area (Å²) < 4.78 is 5.13. The first-order valence-electron chi connectivity index (χ1n) is 5.61. The third-order valence-electron chi connectivity index (χ3n) is 2.36. The number of ether oxygens (including phenoxy) is 1. The summed E-state index contributed by atoms with van der Waals surface area (Å²) in [6, 6.07) is 5.53. The van der Waals surface area contributed by atoms with Crippen molar-refractivity contribution in [1.29, 1.82) is 0 Å². The molecule has 0 atom stereocenters. The van der Waals surface area contributed by atoms with Crippen LogP contribution in [0.4, 0.5) is 0 Å². The van der Waals surface area contributed by atoms with Crippen molar-refractivity contribution in [2.45, 2.75) is 26.7 Å². The van der Waals surface area contributed by atoms with E-state index in [4.69, 9.17) is 4.74 Å². The Morgan fingerprint density at radius 3 is 2.75 bits per heavy atom. The molecule has 0 aliphatic carbocycles. The molecule has 1 amide bonds. The van der Waals surface area contributed by atoms with Crippen LogP contribution in [-0.2, 0) is 0 Å². The van der Waals surface area contributed by atoms with Gasteiger partial charge in [0.1, 0.15) is 5.75 Å². The van der Waals surface area contributed by atoms with Gasteiger partial charge in [-0.3, -0.25) is 4.79 Å². The molecule has 1 rings (SSSR count). The SMILES string of the molecule is CCCCNC(=O)c1cc(C)cc(OC)c1. The fourth-order valence-electron chi connectivity index (χ4n) is 1.48. The molecule has 3 nitrogen and oxygen atoms in total. The van der Waals surface area contributed by atoms with Crippen LogP contribution in [0.3, 0.4) is 0 Å². The zero-order valence-corrected chi connectivity index (χ0v) is 10.2. The minimum absolute atomic E-state index is 0.0320. The first kappa shape index (κ1) is 12.6. The number of amides is 1. The average molecular weight is 221 g/mol. The number of rotatable bonds is 5. The van der Waals surface area contributed by atoms with Gasteiger partial charge in [0.15, 0.2) is 0 Å². The van der Waals surface area contributed by atoms with E-state index in [2.05, 4.69) is 12.2 Å². The molecule has 88 valence electrons. The Kier molecular flexibility index (Phi) is 4.83. The number of carbonyl (C=O) groups excluding carboxylic acids is 1. The maximum Gasteiger partial charge on any atom is 0.251 e. The third kappa shape index (κ3) is 3.57. The number of aryl methyl sites for hydroxylation is 1. The molecule has 0 aromatic heterocycles. The lowest BCUT2D eigenvalue weighted by molar-refractivity contribution is 0.0952. The quantitative estimate of drug-likeness (QED) is 0.776. The van der Waals surface area contributed by atoms with Crippen LogP contribution in [0, 0.1) is 6.92 Å². The van der Waals surface area contributed by atoms with Gasteiger partial charge in [-0.1, -0.05) is 13.3 Å². The van der Waals surface area contributed by atoms with E-state index in [9.17, 15) is 4.79 Å². The van der Waals surface area contributed by atoms with Crippen LogP contribution in [0.15, 0.2) is 18.2 Å². The van der Waals surface area contributed by atoms with E-state index >= 15 is 0 Å². The van der Waals surface area contributed by atoms with Crippen LogP contribution in [-0.4, -0.2) is 19.6 Å². The van der Waals surface area contributed by atoms with Gasteiger partial charge in [-0.25, -0.2) is 0 Å². The van der Waals surface area contributed by atoms with E-state index in [1.165, 1.54) is 0 Å². The van der Waals surface area contributed by atoms with Crippen LogP contribution in [0.1, 0.15) is 35.7 Å². The second kappa shape index (κ2) is 6.16. The Bertz CT molecular complexity index is 361. The smallest absolute Gasteiger partial charge is 0.251 e. The van der Waals surface area contributed by atoms with Crippen molar-refractivity contribution in [3.63, 3.8) is 0 Å². The van der Waals surface area contributed by atoms with Crippen LogP contribution < -0.4 is 10.1 Å². The summed E-state index contributed by atoms with van der Waals surface area (Å²) in [5.41, 5.74) is 1.69. The molecule has 1 N–H and O–H groups in total.